The Kier molecular flexibility index (Phi) is 2.31. The first-order valence-electron chi connectivity index (χ1n) is 4.20. The Morgan fingerprint density at radius 2 is 1.93 bits per heavy atom. The Balaban J connectivity index is 2.71. The van der Waals surface area contributed by atoms with Gasteiger partial charge < -0.3 is 0 Å². The fourth-order valence-corrected chi connectivity index (χ4v) is 2.52. The van der Waals surface area contributed by atoms with Crippen molar-refractivity contribution in [2.24, 2.45) is 0 Å². The summed E-state index contributed by atoms with van der Waals surface area (Å²) in [6, 6.07) is 2.08. The van der Waals surface area contributed by atoms with E-state index in [0.717, 1.165) is 12.1 Å². The van der Waals surface area contributed by atoms with E-state index in [1.165, 1.54) is 0 Å². The molecule has 3 nitrogen and oxygen atoms in total. The van der Waals surface area contributed by atoms with Gasteiger partial charge >= 0.3 is 10.2 Å². The van der Waals surface area contributed by atoms with Crippen molar-refractivity contribution in [1.82, 2.24) is 0 Å². The minimum Gasteiger partial charge on any atom is -0.294 e. The second kappa shape index (κ2) is 3.28. The summed E-state index contributed by atoms with van der Waals surface area (Å²) in [5, 5.41) is 0.134. The van der Waals surface area contributed by atoms with Gasteiger partial charge in [-0.15, -0.1) is 3.89 Å². The molecule has 2 rings (SSSR count). The lowest BCUT2D eigenvalue weighted by Gasteiger charge is -2.02. The van der Waals surface area contributed by atoms with Crippen LogP contribution in [-0.4, -0.2) is 14.2 Å². The molecule has 0 radical (unpaired) electrons. The standard InChI is InChI=1S/C9H6ClFO3S/c10-8-4-5(15(11,13)14)3-7-6(8)1-2-9(7)12/h3-4H,1-2H2. The van der Waals surface area contributed by atoms with Gasteiger partial charge in [-0.1, -0.05) is 11.6 Å². The van der Waals surface area contributed by atoms with Crippen LogP contribution < -0.4 is 0 Å². The molecule has 0 fully saturated rings. The average molecular weight is 249 g/mol. The normalized spacial score (nSPS) is 15.5. The zero-order valence-electron chi connectivity index (χ0n) is 7.46. The molecule has 0 bridgehead atoms. The first-order chi connectivity index (χ1) is 6.89. The van der Waals surface area contributed by atoms with Crippen LogP contribution in [-0.2, 0) is 16.6 Å². The average Bonchev–Trinajstić information content (AvgIpc) is 2.47. The van der Waals surface area contributed by atoms with Crippen LogP contribution in [0.15, 0.2) is 17.0 Å². The number of carbonyl (C=O) groups excluding carboxylic acids is 1. The van der Waals surface area contributed by atoms with E-state index in [2.05, 4.69) is 0 Å². The smallest absolute Gasteiger partial charge is 0.294 e. The minimum absolute atomic E-state index is 0.134. The summed E-state index contributed by atoms with van der Waals surface area (Å²) >= 11 is 5.76. The zero-order chi connectivity index (χ0) is 11.2. The molecule has 6 heteroatoms. The molecule has 1 aromatic rings. The molecule has 0 atom stereocenters. The Morgan fingerprint density at radius 3 is 2.53 bits per heavy atom. The predicted octanol–water partition coefficient (Wildman–Crippen LogP) is 2.13. The number of hydrogen-bond acceptors (Lipinski definition) is 3. The fourth-order valence-electron chi connectivity index (χ4n) is 1.63. The molecule has 0 saturated carbocycles. The maximum atomic E-state index is 12.7. The van der Waals surface area contributed by atoms with Gasteiger partial charge in [0, 0.05) is 17.0 Å². The first-order valence-corrected chi connectivity index (χ1v) is 5.96. The molecule has 0 spiro atoms. The van der Waals surface area contributed by atoms with Crippen molar-refractivity contribution in [3.8, 4) is 0 Å². The predicted molar refractivity (Wildman–Crippen MR) is 52.4 cm³/mol. The molecule has 0 saturated heterocycles. The van der Waals surface area contributed by atoms with Crippen LogP contribution in [0.3, 0.4) is 0 Å². The summed E-state index contributed by atoms with van der Waals surface area (Å²) in [5.74, 6) is -0.197. The monoisotopic (exact) mass is 248 g/mol. The first kappa shape index (κ1) is 10.6. The second-order valence-electron chi connectivity index (χ2n) is 3.29. The van der Waals surface area contributed by atoms with Crippen molar-refractivity contribution in [3.05, 3.63) is 28.3 Å². The van der Waals surface area contributed by atoms with Crippen LogP contribution in [0.4, 0.5) is 3.89 Å². The third kappa shape index (κ3) is 1.77. The molecule has 15 heavy (non-hydrogen) atoms. The highest BCUT2D eigenvalue weighted by Crippen LogP contribution is 2.32. The summed E-state index contributed by atoms with van der Waals surface area (Å²) in [6.07, 6.45) is 0.782. The summed E-state index contributed by atoms with van der Waals surface area (Å²) in [5.41, 5.74) is 0.827. The second-order valence-corrected chi connectivity index (χ2v) is 5.05. The number of halogens is 2. The van der Waals surface area contributed by atoms with Gasteiger partial charge in [0.1, 0.15) is 4.90 Å². The number of carbonyl (C=O) groups is 1. The summed E-state index contributed by atoms with van der Waals surface area (Å²) in [4.78, 5) is 10.8. The number of benzene rings is 1. The van der Waals surface area contributed by atoms with Crippen LogP contribution in [0.2, 0.25) is 5.02 Å². The molecule has 1 aliphatic rings. The number of hydrogen-bond donors (Lipinski definition) is 0. The van der Waals surface area contributed by atoms with E-state index in [1.807, 2.05) is 0 Å². The largest absolute Gasteiger partial charge is 0.332 e. The highest BCUT2D eigenvalue weighted by molar-refractivity contribution is 7.86. The zero-order valence-corrected chi connectivity index (χ0v) is 9.03. The van der Waals surface area contributed by atoms with E-state index < -0.39 is 15.1 Å². The Bertz CT molecular complexity index is 551. The van der Waals surface area contributed by atoms with E-state index in [4.69, 9.17) is 11.6 Å². The van der Waals surface area contributed by atoms with Gasteiger partial charge in [-0.05, 0) is 24.1 Å². The highest BCUT2D eigenvalue weighted by atomic mass is 35.5. The van der Waals surface area contributed by atoms with E-state index >= 15 is 0 Å². The molecule has 1 aliphatic carbocycles. The summed E-state index contributed by atoms with van der Waals surface area (Å²) in [6.45, 7) is 0. The molecule has 0 N–H and O–H groups in total. The minimum atomic E-state index is -4.81. The summed E-state index contributed by atoms with van der Waals surface area (Å²) < 4.78 is 34.0. The topological polar surface area (TPSA) is 51.2 Å². The third-order valence-corrected chi connectivity index (χ3v) is 3.49. The third-order valence-electron chi connectivity index (χ3n) is 2.35. The van der Waals surface area contributed by atoms with Crippen molar-refractivity contribution in [3.63, 3.8) is 0 Å². The van der Waals surface area contributed by atoms with Crippen LogP contribution in [0.25, 0.3) is 0 Å². The van der Waals surface area contributed by atoms with Gasteiger partial charge in [0.25, 0.3) is 0 Å². The Hall–Kier alpha value is -0.940. The Morgan fingerprint density at radius 1 is 1.27 bits per heavy atom. The van der Waals surface area contributed by atoms with Crippen LogP contribution in [0.5, 0.6) is 0 Å². The SMILES string of the molecule is O=C1CCc2c(Cl)cc(S(=O)(=O)F)cc21. The molecular formula is C9H6ClFO3S. The van der Waals surface area contributed by atoms with Crippen molar-refractivity contribution >= 4 is 27.6 Å². The molecule has 1 aromatic carbocycles. The van der Waals surface area contributed by atoms with Crippen LogP contribution in [0.1, 0.15) is 22.3 Å². The van der Waals surface area contributed by atoms with Gasteiger partial charge in [0.15, 0.2) is 5.78 Å². The van der Waals surface area contributed by atoms with Crippen molar-refractivity contribution in [1.29, 1.82) is 0 Å². The van der Waals surface area contributed by atoms with Gasteiger partial charge in [0.2, 0.25) is 0 Å². The van der Waals surface area contributed by atoms with Gasteiger partial charge in [-0.2, -0.15) is 8.42 Å². The van der Waals surface area contributed by atoms with Gasteiger partial charge in [-0.25, -0.2) is 0 Å². The molecule has 80 valence electrons. The molecule has 0 aliphatic heterocycles. The Labute approximate surface area is 91.1 Å². The van der Waals surface area contributed by atoms with Crippen LogP contribution in [0, 0.1) is 0 Å². The fraction of sp³-hybridized carbons (Fsp3) is 0.222. The molecule has 0 aromatic heterocycles. The number of rotatable bonds is 1. The molecular weight excluding hydrogens is 243 g/mol. The van der Waals surface area contributed by atoms with E-state index in [9.17, 15) is 17.1 Å². The number of fused-ring (bicyclic) bond motifs is 1. The molecule has 0 heterocycles. The maximum absolute atomic E-state index is 12.7. The lowest BCUT2D eigenvalue weighted by atomic mass is 10.1. The van der Waals surface area contributed by atoms with E-state index in [0.29, 0.717) is 18.4 Å². The maximum Gasteiger partial charge on any atom is 0.332 e. The summed E-state index contributed by atoms with van der Waals surface area (Å²) in [7, 11) is -4.81. The van der Waals surface area contributed by atoms with E-state index in [1.54, 1.807) is 0 Å². The molecule has 0 unspecified atom stereocenters. The van der Waals surface area contributed by atoms with Gasteiger partial charge in [0.05, 0.1) is 0 Å². The van der Waals surface area contributed by atoms with E-state index in [-0.39, 0.29) is 16.4 Å². The van der Waals surface area contributed by atoms with Gasteiger partial charge in [-0.3, -0.25) is 4.79 Å². The lowest BCUT2D eigenvalue weighted by Crippen LogP contribution is -1.98. The lowest BCUT2D eigenvalue weighted by molar-refractivity contribution is 0.0994. The molecule has 0 amide bonds. The highest BCUT2D eigenvalue weighted by Gasteiger charge is 2.25. The van der Waals surface area contributed by atoms with Crippen molar-refractivity contribution < 1.29 is 17.1 Å². The number of ketones is 1. The van der Waals surface area contributed by atoms with Crippen molar-refractivity contribution in [2.75, 3.05) is 0 Å². The van der Waals surface area contributed by atoms with Crippen LogP contribution >= 0.6 is 11.6 Å². The quantitative estimate of drug-likeness (QED) is 0.716. The number of Topliss-reactive ketones (excluding diaryl/α,β-unsaturated/α-hetero) is 1. The van der Waals surface area contributed by atoms with Crippen molar-refractivity contribution in [2.45, 2.75) is 17.7 Å².